The number of hydrogen-bond acceptors (Lipinski definition) is 7. The van der Waals surface area contributed by atoms with Crippen LogP contribution in [0.4, 0.5) is 24.5 Å². The highest BCUT2D eigenvalue weighted by molar-refractivity contribution is 8.00. The van der Waals surface area contributed by atoms with Gasteiger partial charge < -0.3 is 19.6 Å². The van der Waals surface area contributed by atoms with Crippen LogP contribution in [0.1, 0.15) is 12.8 Å². The summed E-state index contributed by atoms with van der Waals surface area (Å²) in [5.41, 5.74) is -2.12. The summed E-state index contributed by atoms with van der Waals surface area (Å²) in [6, 6.07) is 14.7. The highest BCUT2D eigenvalue weighted by Gasteiger charge is 2.29. The van der Waals surface area contributed by atoms with Crippen molar-refractivity contribution in [1.29, 1.82) is 0 Å². The van der Waals surface area contributed by atoms with Gasteiger partial charge in [0.25, 0.3) is 0 Å². The van der Waals surface area contributed by atoms with E-state index >= 15 is 0 Å². The lowest BCUT2D eigenvalue weighted by atomic mass is 10.2. The Kier molecular flexibility index (Phi) is 9.27. The van der Waals surface area contributed by atoms with E-state index in [9.17, 15) is 18.3 Å². The van der Waals surface area contributed by atoms with E-state index in [0.717, 1.165) is 83.2 Å². The van der Waals surface area contributed by atoms with E-state index in [1.807, 2.05) is 12.1 Å². The van der Waals surface area contributed by atoms with Crippen molar-refractivity contribution < 1.29 is 23.0 Å². The van der Waals surface area contributed by atoms with Crippen molar-refractivity contribution >= 4 is 23.1 Å². The highest BCUT2D eigenvalue weighted by Crippen LogP contribution is 2.37. The number of thioether (sulfide) groups is 1. The minimum absolute atomic E-state index is 0.0915. The third kappa shape index (κ3) is 7.68. The van der Waals surface area contributed by atoms with E-state index < -0.39 is 11.7 Å². The molecule has 2 heterocycles. The summed E-state index contributed by atoms with van der Waals surface area (Å²) in [5.74, 6) is 0.870. The molecule has 36 heavy (non-hydrogen) atoms. The summed E-state index contributed by atoms with van der Waals surface area (Å²) >= 11 is -0.0915. The number of piperazine rings is 2. The van der Waals surface area contributed by atoms with Gasteiger partial charge in [-0.3, -0.25) is 9.80 Å². The number of hydrogen-bond donors (Lipinski definition) is 1. The smallest absolute Gasteiger partial charge is 0.446 e. The van der Waals surface area contributed by atoms with Crippen molar-refractivity contribution in [3.63, 3.8) is 0 Å². The van der Waals surface area contributed by atoms with Gasteiger partial charge in [-0.25, -0.2) is 0 Å². The van der Waals surface area contributed by atoms with Gasteiger partial charge in [0, 0.05) is 68.6 Å². The fourth-order valence-corrected chi connectivity index (χ4v) is 5.38. The molecule has 2 aliphatic heterocycles. The normalized spacial score (nSPS) is 18.9. The van der Waals surface area contributed by atoms with Crippen LogP contribution >= 0.6 is 11.8 Å². The van der Waals surface area contributed by atoms with Gasteiger partial charge in [-0.05, 0) is 79.7 Å². The lowest BCUT2D eigenvalue weighted by Crippen LogP contribution is -2.50. The number of methoxy groups -OCH3 is 1. The van der Waals surface area contributed by atoms with Gasteiger partial charge in [-0.15, -0.1) is 0 Å². The van der Waals surface area contributed by atoms with Crippen molar-refractivity contribution in [2.24, 2.45) is 0 Å². The quantitative estimate of drug-likeness (QED) is 0.490. The van der Waals surface area contributed by atoms with E-state index in [4.69, 9.17) is 4.74 Å². The summed E-state index contributed by atoms with van der Waals surface area (Å²) in [7, 11) is 1.68. The number of aliphatic hydroxyl groups is 1. The fourth-order valence-electron chi connectivity index (χ4n) is 4.84. The van der Waals surface area contributed by atoms with Crippen LogP contribution < -0.4 is 14.5 Å². The molecule has 1 unspecified atom stereocenters. The van der Waals surface area contributed by atoms with Gasteiger partial charge in [-0.1, -0.05) is 0 Å². The van der Waals surface area contributed by atoms with Crippen molar-refractivity contribution in [3.8, 4) is 5.75 Å². The molecule has 2 fully saturated rings. The Morgan fingerprint density at radius 2 is 1.36 bits per heavy atom. The Morgan fingerprint density at radius 1 is 0.833 bits per heavy atom. The predicted octanol–water partition coefficient (Wildman–Crippen LogP) is 4.35. The predicted molar refractivity (Wildman–Crippen MR) is 139 cm³/mol. The minimum Gasteiger partial charge on any atom is -0.497 e. The van der Waals surface area contributed by atoms with Gasteiger partial charge >= 0.3 is 5.51 Å². The van der Waals surface area contributed by atoms with Crippen molar-refractivity contribution in [1.82, 2.24) is 9.80 Å². The van der Waals surface area contributed by atoms with Gasteiger partial charge in [0.1, 0.15) is 12.0 Å². The molecule has 0 aromatic heterocycles. The molecule has 2 saturated heterocycles. The van der Waals surface area contributed by atoms with Crippen LogP contribution in [0, 0.1) is 0 Å². The lowest BCUT2D eigenvalue weighted by molar-refractivity contribution is -0.0328. The zero-order valence-electron chi connectivity index (χ0n) is 20.7. The largest absolute Gasteiger partial charge is 0.497 e. The summed E-state index contributed by atoms with van der Waals surface area (Å²) in [5, 5.41) is 10.7. The number of nitrogens with zero attached hydrogens (tertiary/aromatic N) is 4. The molecule has 1 N–H and O–H groups in total. The van der Waals surface area contributed by atoms with E-state index in [1.165, 1.54) is 17.8 Å². The SMILES string of the molecule is COc1ccc(N2CCN(CCCC(O)N3CCN(c4ccc(SC(F)(F)F)cc4)CC3)CC2)cc1. The van der Waals surface area contributed by atoms with Gasteiger partial charge in [0.2, 0.25) is 0 Å². The lowest BCUT2D eigenvalue weighted by Gasteiger charge is -2.39. The Hall–Kier alpha value is -2.14. The standard InChI is InChI=1S/C26H35F3N4O2S/c1-35-23-8-4-21(5-9-23)31-15-13-30(14-16-31)12-2-3-25(34)33-19-17-32(18-20-33)22-6-10-24(11-7-22)36-26(27,28)29/h4-11,25,34H,2-3,12-20H2,1H3. The third-order valence-electron chi connectivity index (χ3n) is 6.92. The Balaban J connectivity index is 1.13. The topological polar surface area (TPSA) is 42.4 Å². The van der Waals surface area contributed by atoms with Crippen molar-refractivity contribution in [2.75, 3.05) is 75.8 Å². The molecule has 1 atom stereocenters. The molecule has 0 amide bonds. The molecule has 10 heteroatoms. The van der Waals surface area contributed by atoms with Crippen LogP contribution in [0.15, 0.2) is 53.4 Å². The second kappa shape index (κ2) is 12.4. The molecule has 0 saturated carbocycles. The monoisotopic (exact) mass is 524 g/mol. The molecule has 2 aromatic rings. The number of halogens is 3. The van der Waals surface area contributed by atoms with Crippen LogP contribution in [0.25, 0.3) is 0 Å². The Labute approximate surface area is 215 Å². The zero-order valence-corrected chi connectivity index (χ0v) is 21.5. The first-order valence-electron chi connectivity index (χ1n) is 12.4. The van der Waals surface area contributed by atoms with Gasteiger partial charge in [-0.2, -0.15) is 13.2 Å². The second-order valence-corrected chi connectivity index (χ2v) is 10.4. The van der Waals surface area contributed by atoms with E-state index in [0.29, 0.717) is 0 Å². The highest BCUT2D eigenvalue weighted by atomic mass is 32.2. The maximum Gasteiger partial charge on any atom is 0.446 e. The Bertz CT molecular complexity index is 930. The summed E-state index contributed by atoms with van der Waals surface area (Å²) < 4.78 is 42.8. The molecule has 0 aliphatic carbocycles. The first-order valence-corrected chi connectivity index (χ1v) is 13.3. The molecular weight excluding hydrogens is 489 g/mol. The van der Waals surface area contributed by atoms with Crippen LogP contribution in [0.2, 0.25) is 0 Å². The fraction of sp³-hybridized carbons (Fsp3) is 0.538. The van der Waals surface area contributed by atoms with E-state index in [-0.39, 0.29) is 16.7 Å². The van der Waals surface area contributed by atoms with E-state index in [1.54, 1.807) is 19.2 Å². The van der Waals surface area contributed by atoms with Crippen LogP contribution in [0.3, 0.4) is 0 Å². The maximum atomic E-state index is 12.5. The number of ether oxygens (including phenoxy) is 1. The van der Waals surface area contributed by atoms with Gasteiger partial charge in [0.15, 0.2) is 0 Å². The molecule has 0 bridgehead atoms. The maximum absolute atomic E-state index is 12.5. The molecule has 0 radical (unpaired) electrons. The van der Waals surface area contributed by atoms with Crippen LogP contribution in [-0.2, 0) is 0 Å². The molecule has 2 aromatic carbocycles. The van der Waals surface area contributed by atoms with Crippen LogP contribution in [-0.4, -0.2) is 92.7 Å². The molecular formula is C26H35F3N4O2S. The second-order valence-electron chi connectivity index (χ2n) is 9.21. The Morgan fingerprint density at radius 3 is 1.89 bits per heavy atom. The summed E-state index contributed by atoms with van der Waals surface area (Å²) in [6.45, 7) is 7.96. The third-order valence-corrected chi connectivity index (χ3v) is 7.66. The average molecular weight is 525 g/mol. The number of aliphatic hydroxyl groups excluding tert-OH is 1. The van der Waals surface area contributed by atoms with E-state index in [2.05, 4.69) is 31.7 Å². The molecule has 4 rings (SSSR count). The summed E-state index contributed by atoms with van der Waals surface area (Å²) in [6.07, 6.45) is 1.22. The molecule has 198 valence electrons. The van der Waals surface area contributed by atoms with Gasteiger partial charge in [0.05, 0.1) is 7.11 Å². The number of benzene rings is 2. The average Bonchev–Trinajstić information content (AvgIpc) is 2.89. The first-order chi connectivity index (χ1) is 17.3. The molecule has 6 nitrogen and oxygen atoms in total. The molecule has 0 spiro atoms. The van der Waals surface area contributed by atoms with Crippen molar-refractivity contribution in [2.45, 2.75) is 29.5 Å². The first kappa shape index (κ1) is 26.9. The zero-order chi connectivity index (χ0) is 25.5. The van der Waals surface area contributed by atoms with Crippen molar-refractivity contribution in [3.05, 3.63) is 48.5 Å². The number of alkyl halides is 3. The minimum atomic E-state index is -4.27. The van der Waals surface area contributed by atoms with Crippen LogP contribution in [0.5, 0.6) is 5.75 Å². The summed E-state index contributed by atoms with van der Waals surface area (Å²) in [4.78, 5) is 9.32. The molecule has 2 aliphatic rings. The number of anilines is 2. The number of rotatable bonds is 9.